The lowest BCUT2D eigenvalue weighted by atomic mass is 9.92. The quantitative estimate of drug-likeness (QED) is 0.501. The lowest BCUT2D eigenvalue weighted by Crippen LogP contribution is -2.45. The van der Waals surface area contributed by atoms with Crippen LogP contribution in [-0.4, -0.2) is 19.1 Å². The molecule has 0 saturated heterocycles. The molecule has 2 amide bonds. The van der Waals surface area contributed by atoms with E-state index in [2.05, 4.69) is 10.6 Å². The number of amides is 2. The van der Waals surface area contributed by atoms with Crippen LogP contribution in [0.25, 0.3) is 5.70 Å². The third kappa shape index (κ3) is 4.83. The normalized spacial score (nSPS) is 15.5. The molecule has 3 aromatic carbocycles. The topological polar surface area (TPSA) is 76.7 Å². The van der Waals surface area contributed by atoms with Gasteiger partial charge in [0.15, 0.2) is 0 Å². The maximum Gasteiger partial charge on any atom is 0.338 e. The van der Waals surface area contributed by atoms with Gasteiger partial charge in [-0.1, -0.05) is 60.1 Å². The molecule has 1 unspecified atom stereocenters. The number of hydrogen-bond acceptors (Lipinski definition) is 4. The van der Waals surface area contributed by atoms with E-state index in [1.807, 2.05) is 18.2 Å². The Morgan fingerprint density at radius 2 is 1.76 bits per heavy atom. The fourth-order valence-corrected chi connectivity index (χ4v) is 3.78. The van der Waals surface area contributed by atoms with Gasteiger partial charge in [-0.05, 0) is 35.4 Å². The third-order valence-corrected chi connectivity index (χ3v) is 5.55. The van der Waals surface area contributed by atoms with E-state index in [9.17, 15) is 14.0 Å². The first kappa shape index (κ1) is 22.4. The lowest BCUT2D eigenvalue weighted by Gasteiger charge is -2.29. The summed E-state index contributed by atoms with van der Waals surface area (Å²) in [4.78, 5) is 25.1. The minimum absolute atomic E-state index is 0.0413. The monoisotopic (exact) mass is 466 g/mol. The van der Waals surface area contributed by atoms with Crippen LogP contribution in [0.1, 0.15) is 22.7 Å². The summed E-state index contributed by atoms with van der Waals surface area (Å²) in [7, 11) is 1.29. The van der Waals surface area contributed by atoms with Crippen molar-refractivity contribution in [2.45, 2.75) is 12.6 Å². The van der Waals surface area contributed by atoms with Gasteiger partial charge in [0.1, 0.15) is 18.2 Å². The predicted molar refractivity (Wildman–Crippen MR) is 122 cm³/mol. The van der Waals surface area contributed by atoms with Crippen molar-refractivity contribution in [1.82, 2.24) is 10.6 Å². The van der Waals surface area contributed by atoms with Crippen LogP contribution in [0, 0.1) is 5.82 Å². The Morgan fingerprint density at radius 1 is 1.03 bits per heavy atom. The molecule has 3 aromatic rings. The average molecular weight is 467 g/mol. The molecule has 6 nitrogen and oxygen atoms in total. The van der Waals surface area contributed by atoms with Crippen molar-refractivity contribution in [2.24, 2.45) is 0 Å². The zero-order chi connectivity index (χ0) is 23.4. The van der Waals surface area contributed by atoms with E-state index in [1.54, 1.807) is 42.5 Å². The maximum atomic E-state index is 14.0. The molecule has 2 N–H and O–H groups in total. The molecule has 168 valence electrons. The molecule has 0 aromatic heterocycles. The minimum Gasteiger partial charge on any atom is -0.489 e. The first-order valence-corrected chi connectivity index (χ1v) is 10.5. The Kier molecular flexibility index (Phi) is 6.60. The molecule has 4 rings (SSSR count). The van der Waals surface area contributed by atoms with E-state index < -0.39 is 23.9 Å². The van der Waals surface area contributed by atoms with Crippen LogP contribution in [-0.2, 0) is 16.1 Å². The maximum absolute atomic E-state index is 14.0. The summed E-state index contributed by atoms with van der Waals surface area (Å²) in [5.74, 6) is -0.538. The number of urea groups is 1. The van der Waals surface area contributed by atoms with Gasteiger partial charge >= 0.3 is 12.0 Å². The second-order valence-corrected chi connectivity index (χ2v) is 7.64. The van der Waals surface area contributed by atoms with Gasteiger partial charge in [-0.2, -0.15) is 0 Å². The predicted octanol–water partition coefficient (Wildman–Crippen LogP) is 5.00. The smallest absolute Gasteiger partial charge is 0.338 e. The number of ether oxygens (including phenoxy) is 2. The summed E-state index contributed by atoms with van der Waals surface area (Å²) in [5, 5.41) is 5.77. The molecule has 0 fully saturated rings. The molecule has 33 heavy (non-hydrogen) atoms. The second-order valence-electron chi connectivity index (χ2n) is 7.24. The summed E-state index contributed by atoms with van der Waals surface area (Å²) in [6, 6.07) is 19.1. The number of nitrogens with one attached hydrogen (secondary N) is 2. The number of halogens is 2. The van der Waals surface area contributed by atoms with Gasteiger partial charge in [0.2, 0.25) is 0 Å². The van der Waals surface area contributed by atoms with Crippen LogP contribution in [0.3, 0.4) is 0 Å². The Morgan fingerprint density at radius 3 is 2.42 bits per heavy atom. The zero-order valence-electron chi connectivity index (χ0n) is 17.6. The van der Waals surface area contributed by atoms with Gasteiger partial charge in [0.05, 0.1) is 29.4 Å². The Balaban J connectivity index is 1.63. The molecule has 8 heteroatoms. The van der Waals surface area contributed by atoms with Crippen LogP contribution >= 0.6 is 11.6 Å². The van der Waals surface area contributed by atoms with Crippen molar-refractivity contribution in [3.63, 3.8) is 0 Å². The number of hydrogen-bond donors (Lipinski definition) is 2. The van der Waals surface area contributed by atoms with E-state index in [1.165, 1.54) is 19.2 Å². The first-order valence-electron chi connectivity index (χ1n) is 10.1. The van der Waals surface area contributed by atoms with Crippen LogP contribution in [0.4, 0.5) is 9.18 Å². The van der Waals surface area contributed by atoms with Gasteiger partial charge < -0.3 is 20.1 Å². The molecule has 0 bridgehead atoms. The van der Waals surface area contributed by atoms with Gasteiger partial charge in [-0.3, -0.25) is 0 Å². The number of rotatable bonds is 6. The van der Waals surface area contributed by atoms with E-state index in [-0.39, 0.29) is 22.8 Å². The highest BCUT2D eigenvalue weighted by molar-refractivity contribution is 6.31. The molecule has 0 aliphatic carbocycles. The Bertz CT molecular complexity index is 1190. The SMILES string of the molecule is COC(=O)C1=C(c2ccccc2)NC(=O)NC1c1ccc(OCc2c(F)cccc2Cl)cc1. The fraction of sp³-hybridized carbons (Fsp3) is 0.120. The summed E-state index contributed by atoms with van der Waals surface area (Å²) >= 11 is 6.04. The number of esters is 1. The highest BCUT2D eigenvalue weighted by atomic mass is 35.5. The van der Waals surface area contributed by atoms with Crippen molar-refractivity contribution in [3.8, 4) is 5.75 Å². The Hall–Kier alpha value is -3.84. The van der Waals surface area contributed by atoms with Crippen LogP contribution in [0.5, 0.6) is 5.75 Å². The van der Waals surface area contributed by atoms with Gasteiger partial charge in [0.25, 0.3) is 0 Å². The molecule has 0 radical (unpaired) electrons. The van der Waals surface area contributed by atoms with Crippen molar-refractivity contribution in [1.29, 1.82) is 0 Å². The summed E-state index contributed by atoms with van der Waals surface area (Å²) in [6.45, 7) is -0.0413. The molecule has 1 aliphatic heterocycles. The van der Waals surface area contributed by atoms with Crippen molar-refractivity contribution in [2.75, 3.05) is 7.11 Å². The van der Waals surface area contributed by atoms with Crippen LogP contribution in [0.2, 0.25) is 5.02 Å². The van der Waals surface area contributed by atoms with Crippen LogP contribution in [0.15, 0.2) is 78.4 Å². The lowest BCUT2D eigenvalue weighted by molar-refractivity contribution is -0.136. The molecule has 0 saturated carbocycles. The molecule has 1 heterocycles. The number of carbonyl (C=O) groups is 2. The summed E-state index contributed by atoms with van der Waals surface area (Å²) < 4.78 is 24.6. The number of benzene rings is 3. The van der Waals surface area contributed by atoms with E-state index >= 15 is 0 Å². The van der Waals surface area contributed by atoms with Gasteiger partial charge in [0, 0.05) is 5.56 Å². The number of carbonyl (C=O) groups excluding carboxylic acids is 2. The summed E-state index contributed by atoms with van der Waals surface area (Å²) in [6.07, 6.45) is 0. The first-order chi connectivity index (χ1) is 16.0. The van der Waals surface area contributed by atoms with Gasteiger partial charge in [-0.15, -0.1) is 0 Å². The molecule has 1 aliphatic rings. The van der Waals surface area contributed by atoms with E-state index in [4.69, 9.17) is 21.1 Å². The molecular weight excluding hydrogens is 447 g/mol. The van der Waals surface area contributed by atoms with E-state index in [0.29, 0.717) is 22.6 Å². The third-order valence-electron chi connectivity index (χ3n) is 5.20. The fourth-order valence-electron chi connectivity index (χ4n) is 3.56. The standard InChI is InChI=1S/C25H20ClFN2O4/c1-32-24(30)21-22(15-6-3-2-4-7-15)28-25(31)29-23(21)16-10-12-17(13-11-16)33-14-18-19(26)8-5-9-20(18)27/h2-13,23H,14H2,1H3,(H2,28,29,31). The largest absolute Gasteiger partial charge is 0.489 e. The highest BCUT2D eigenvalue weighted by Gasteiger charge is 2.34. The molecular formula is C25H20ClFN2O4. The van der Waals surface area contributed by atoms with Crippen molar-refractivity contribution >= 4 is 29.3 Å². The number of methoxy groups -OCH3 is 1. The average Bonchev–Trinajstić information content (AvgIpc) is 2.83. The van der Waals surface area contributed by atoms with E-state index in [0.717, 1.165) is 0 Å². The second kappa shape index (κ2) is 9.75. The Labute approximate surface area is 195 Å². The van der Waals surface area contributed by atoms with Crippen molar-refractivity contribution < 1.29 is 23.5 Å². The highest BCUT2D eigenvalue weighted by Crippen LogP contribution is 2.32. The molecule has 0 spiro atoms. The minimum atomic E-state index is -0.739. The summed E-state index contributed by atoms with van der Waals surface area (Å²) in [5.41, 5.74) is 2.24. The van der Waals surface area contributed by atoms with Gasteiger partial charge in [-0.25, -0.2) is 14.0 Å². The molecule has 1 atom stereocenters. The van der Waals surface area contributed by atoms with Crippen LogP contribution < -0.4 is 15.4 Å². The van der Waals surface area contributed by atoms with Crippen molar-refractivity contribution in [3.05, 3.63) is 106 Å². The zero-order valence-corrected chi connectivity index (χ0v) is 18.4.